The number of aromatic hydroxyl groups is 1. The van der Waals surface area contributed by atoms with Crippen molar-refractivity contribution in [3.05, 3.63) is 38.4 Å². The summed E-state index contributed by atoms with van der Waals surface area (Å²) in [6, 6.07) is 2.25. The summed E-state index contributed by atoms with van der Waals surface area (Å²) in [6.45, 7) is 1.65. The third-order valence-corrected chi connectivity index (χ3v) is 4.09. The Bertz CT molecular complexity index is 848. The Morgan fingerprint density at radius 3 is 2.80 bits per heavy atom. The molecule has 2 aromatic rings. The molecule has 2 rings (SSSR count). The van der Waals surface area contributed by atoms with Gasteiger partial charge in [0.2, 0.25) is 5.13 Å². The van der Waals surface area contributed by atoms with Crippen LogP contribution in [0.1, 0.15) is 20.9 Å². The van der Waals surface area contributed by atoms with Gasteiger partial charge in [0.05, 0.1) is 37.1 Å². The van der Waals surface area contributed by atoms with E-state index < -0.39 is 10.9 Å². The number of non-ortho nitro benzene ring substituents is 1. The van der Waals surface area contributed by atoms with Crippen molar-refractivity contribution in [1.82, 2.24) is 4.98 Å². The number of methoxy groups -OCH3 is 2. The quantitative estimate of drug-likeness (QED) is 0.344. The summed E-state index contributed by atoms with van der Waals surface area (Å²) < 4.78 is 9.54. The number of phenolic OH excluding ortho intramolecular Hbond substituents is 1. The first-order valence-electron chi connectivity index (χ1n) is 6.77. The first-order chi connectivity index (χ1) is 11.9. The lowest BCUT2D eigenvalue weighted by Crippen LogP contribution is -1.99. The molecule has 0 radical (unpaired) electrons. The number of nitro groups is 1. The van der Waals surface area contributed by atoms with E-state index in [1.807, 2.05) is 0 Å². The van der Waals surface area contributed by atoms with Gasteiger partial charge in [-0.25, -0.2) is 9.78 Å². The predicted octanol–water partition coefficient (Wildman–Crippen LogP) is 2.31. The zero-order valence-corrected chi connectivity index (χ0v) is 14.3. The number of carbonyl (C=O) groups excluding carboxylic acids is 1. The number of ether oxygens (including phenoxy) is 2. The Labute approximate surface area is 145 Å². The first kappa shape index (κ1) is 18.1. The number of aryl methyl sites for hydroxylation is 1. The third-order valence-electron chi connectivity index (χ3n) is 3.05. The van der Waals surface area contributed by atoms with Crippen LogP contribution in [0.3, 0.4) is 0 Å². The van der Waals surface area contributed by atoms with Crippen LogP contribution in [0.5, 0.6) is 11.5 Å². The van der Waals surface area contributed by atoms with Crippen molar-refractivity contribution in [3.63, 3.8) is 0 Å². The van der Waals surface area contributed by atoms with Crippen LogP contribution in [0.15, 0.2) is 17.2 Å². The van der Waals surface area contributed by atoms with Gasteiger partial charge >= 0.3 is 5.97 Å². The van der Waals surface area contributed by atoms with Crippen molar-refractivity contribution in [2.45, 2.75) is 6.92 Å². The average molecular weight is 366 g/mol. The number of phenols is 1. The monoisotopic (exact) mass is 366 g/mol. The minimum absolute atomic E-state index is 0.0475. The number of anilines is 1. The van der Waals surface area contributed by atoms with E-state index in [4.69, 9.17) is 4.74 Å². The fraction of sp³-hybridized carbons (Fsp3) is 0.214. The van der Waals surface area contributed by atoms with Crippen LogP contribution in [-0.2, 0) is 4.74 Å². The van der Waals surface area contributed by atoms with Gasteiger partial charge in [-0.3, -0.25) is 15.5 Å². The molecule has 132 valence electrons. The van der Waals surface area contributed by atoms with Gasteiger partial charge in [-0.1, -0.05) is 11.3 Å². The second-order valence-electron chi connectivity index (χ2n) is 4.64. The van der Waals surface area contributed by atoms with E-state index in [2.05, 4.69) is 20.2 Å². The van der Waals surface area contributed by atoms with Gasteiger partial charge in [-0.15, -0.1) is 0 Å². The smallest absolute Gasteiger partial charge is 0.350 e. The first-order valence-corrected chi connectivity index (χ1v) is 7.59. The highest BCUT2D eigenvalue weighted by atomic mass is 32.1. The highest BCUT2D eigenvalue weighted by molar-refractivity contribution is 7.17. The molecule has 0 aliphatic rings. The molecule has 11 heteroatoms. The maximum Gasteiger partial charge on any atom is 0.350 e. The summed E-state index contributed by atoms with van der Waals surface area (Å²) >= 11 is 1.04. The normalized spacial score (nSPS) is 10.7. The lowest BCUT2D eigenvalue weighted by atomic mass is 10.2. The zero-order valence-electron chi connectivity index (χ0n) is 13.5. The molecule has 25 heavy (non-hydrogen) atoms. The molecule has 0 atom stereocenters. The summed E-state index contributed by atoms with van der Waals surface area (Å²) in [4.78, 5) is 26.3. The molecule has 0 unspecified atom stereocenters. The van der Waals surface area contributed by atoms with Gasteiger partial charge in [0, 0.05) is 11.6 Å². The molecule has 1 heterocycles. The van der Waals surface area contributed by atoms with Crippen LogP contribution < -0.4 is 10.2 Å². The van der Waals surface area contributed by atoms with Gasteiger partial charge in [0.25, 0.3) is 5.69 Å². The van der Waals surface area contributed by atoms with Crippen LogP contribution in [0.2, 0.25) is 0 Å². The van der Waals surface area contributed by atoms with Crippen molar-refractivity contribution in [2.24, 2.45) is 5.10 Å². The highest BCUT2D eigenvalue weighted by Gasteiger charge is 2.17. The number of hydrazone groups is 1. The van der Waals surface area contributed by atoms with Gasteiger partial charge in [-0.05, 0) is 6.92 Å². The van der Waals surface area contributed by atoms with Crippen LogP contribution in [0.25, 0.3) is 0 Å². The van der Waals surface area contributed by atoms with Crippen molar-refractivity contribution < 1.29 is 24.3 Å². The Balaban J connectivity index is 2.24. The molecule has 0 amide bonds. The third kappa shape index (κ3) is 4.01. The number of nitro benzene ring substituents is 1. The maximum absolute atomic E-state index is 11.5. The summed E-state index contributed by atoms with van der Waals surface area (Å²) in [5, 5.41) is 25.1. The lowest BCUT2D eigenvalue weighted by molar-refractivity contribution is -0.385. The number of nitrogens with one attached hydrogen (secondary N) is 1. The highest BCUT2D eigenvalue weighted by Crippen LogP contribution is 2.33. The zero-order chi connectivity index (χ0) is 18.6. The molecule has 0 saturated heterocycles. The molecule has 1 aromatic heterocycles. The minimum Gasteiger partial charge on any atom is -0.504 e. The SMILES string of the molecule is COC(=O)c1sc(N/N=C/c2cc([N+](=O)[O-])cc(OC)c2O)nc1C. The molecular weight excluding hydrogens is 352 g/mol. The number of nitrogens with zero attached hydrogens (tertiary/aromatic N) is 3. The molecule has 0 saturated carbocycles. The number of esters is 1. The average Bonchev–Trinajstić information content (AvgIpc) is 2.96. The van der Waals surface area contributed by atoms with E-state index >= 15 is 0 Å². The van der Waals surface area contributed by atoms with E-state index in [9.17, 15) is 20.0 Å². The molecule has 2 N–H and O–H groups in total. The largest absolute Gasteiger partial charge is 0.504 e. The van der Waals surface area contributed by atoms with Gasteiger partial charge in [-0.2, -0.15) is 5.10 Å². The summed E-state index contributed by atoms with van der Waals surface area (Å²) in [5.74, 6) is -0.842. The molecule has 0 bridgehead atoms. The van der Waals surface area contributed by atoms with Crippen molar-refractivity contribution in [1.29, 1.82) is 0 Å². The van der Waals surface area contributed by atoms with E-state index in [-0.39, 0.29) is 22.7 Å². The van der Waals surface area contributed by atoms with Gasteiger partial charge in [0.15, 0.2) is 11.5 Å². The molecule has 0 fully saturated rings. The number of benzene rings is 1. The molecule has 0 spiro atoms. The fourth-order valence-electron chi connectivity index (χ4n) is 1.86. The fourth-order valence-corrected chi connectivity index (χ4v) is 2.69. The summed E-state index contributed by atoms with van der Waals surface area (Å²) in [6.07, 6.45) is 1.18. The molecular formula is C14H14N4O6S. The Kier molecular flexibility index (Phi) is 5.49. The van der Waals surface area contributed by atoms with Crippen molar-refractivity contribution in [2.75, 3.05) is 19.6 Å². The Morgan fingerprint density at radius 1 is 1.48 bits per heavy atom. The molecule has 1 aromatic carbocycles. The van der Waals surface area contributed by atoms with E-state index in [1.165, 1.54) is 20.4 Å². The second-order valence-corrected chi connectivity index (χ2v) is 5.64. The second kappa shape index (κ2) is 7.57. The van der Waals surface area contributed by atoms with Crippen LogP contribution in [0.4, 0.5) is 10.8 Å². The van der Waals surface area contributed by atoms with E-state index in [0.717, 1.165) is 23.5 Å². The summed E-state index contributed by atoms with van der Waals surface area (Å²) in [5.41, 5.74) is 2.90. The molecule has 0 aliphatic heterocycles. The number of hydrogen-bond donors (Lipinski definition) is 2. The van der Waals surface area contributed by atoms with E-state index in [1.54, 1.807) is 6.92 Å². The number of thiazole rings is 1. The molecule has 10 nitrogen and oxygen atoms in total. The number of carbonyl (C=O) groups is 1. The van der Waals surface area contributed by atoms with Crippen molar-refractivity contribution in [3.8, 4) is 11.5 Å². The standard InChI is InChI=1S/C14H14N4O6S/c1-7-12(13(20)24-3)25-14(16-7)17-15-6-8-4-9(18(21)22)5-10(23-2)11(8)19/h4-6,19H,1-3H3,(H,16,17)/b15-6+. The van der Waals surface area contributed by atoms with Gasteiger partial charge < -0.3 is 14.6 Å². The topological polar surface area (TPSA) is 136 Å². The van der Waals surface area contributed by atoms with Crippen LogP contribution >= 0.6 is 11.3 Å². The van der Waals surface area contributed by atoms with Crippen LogP contribution in [0, 0.1) is 17.0 Å². The summed E-state index contributed by atoms with van der Waals surface area (Å²) in [7, 11) is 2.55. The number of rotatable bonds is 6. The number of aromatic nitrogens is 1. The van der Waals surface area contributed by atoms with Crippen LogP contribution in [-0.4, -0.2) is 41.4 Å². The Morgan fingerprint density at radius 2 is 2.20 bits per heavy atom. The van der Waals surface area contributed by atoms with Gasteiger partial charge in [0.1, 0.15) is 4.88 Å². The van der Waals surface area contributed by atoms with E-state index in [0.29, 0.717) is 15.7 Å². The van der Waals surface area contributed by atoms with Crippen molar-refractivity contribution >= 4 is 34.3 Å². The maximum atomic E-state index is 11.5. The number of hydrogen-bond acceptors (Lipinski definition) is 10. The molecule has 0 aliphatic carbocycles. The predicted molar refractivity (Wildman–Crippen MR) is 90.7 cm³/mol. The minimum atomic E-state index is -0.612. The Hall–Kier alpha value is -3.21. The lowest BCUT2D eigenvalue weighted by Gasteiger charge is -2.05.